The fraction of sp³-hybridized carbons (Fsp3) is 0.500. The molecule has 2 nitrogen and oxygen atoms in total. The maximum absolute atomic E-state index is 8.98. The van der Waals surface area contributed by atoms with Gasteiger partial charge in [-0.15, -0.1) is 0 Å². The third kappa shape index (κ3) is 1.62. The van der Waals surface area contributed by atoms with Gasteiger partial charge in [-0.3, -0.25) is 0 Å². The van der Waals surface area contributed by atoms with Gasteiger partial charge in [-0.1, -0.05) is 12.1 Å². The van der Waals surface area contributed by atoms with Gasteiger partial charge < -0.3 is 9.84 Å². The molecule has 0 radical (unpaired) electrons. The van der Waals surface area contributed by atoms with Crippen LogP contribution in [0.2, 0.25) is 0 Å². The number of benzene rings is 1. The molecule has 0 bridgehead atoms. The van der Waals surface area contributed by atoms with Crippen molar-refractivity contribution in [1.82, 2.24) is 0 Å². The van der Waals surface area contributed by atoms with E-state index in [0.29, 0.717) is 18.4 Å². The van der Waals surface area contributed by atoms with Crippen LogP contribution in [0.25, 0.3) is 0 Å². The molecule has 2 atom stereocenters. The summed E-state index contributed by atoms with van der Waals surface area (Å²) in [5.41, 5.74) is 2.51. The predicted octanol–water partition coefficient (Wildman–Crippen LogP) is 2.10. The van der Waals surface area contributed by atoms with Crippen LogP contribution in [0.15, 0.2) is 18.2 Å². The van der Waals surface area contributed by atoms with E-state index in [9.17, 15) is 0 Å². The second-order valence-electron chi connectivity index (χ2n) is 4.01. The fourth-order valence-electron chi connectivity index (χ4n) is 1.99. The van der Waals surface area contributed by atoms with Crippen molar-refractivity contribution in [1.29, 1.82) is 0 Å². The van der Waals surface area contributed by atoms with Gasteiger partial charge in [0.1, 0.15) is 5.75 Å². The van der Waals surface area contributed by atoms with Crippen LogP contribution in [0.5, 0.6) is 5.75 Å². The van der Waals surface area contributed by atoms with Gasteiger partial charge in [0.25, 0.3) is 0 Å². The van der Waals surface area contributed by atoms with E-state index in [1.165, 1.54) is 11.1 Å². The van der Waals surface area contributed by atoms with Gasteiger partial charge in [0.2, 0.25) is 0 Å². The summed E-state index contributed by atoms with van der Waals surface area (Å²) in [7, 11) is 1.69. The first-order chi connectivity index (χ1) is 6.76. The lowest BCUT2D eigenvalue weighted by atomic mass is 10.1. The van der Waals surface area contributed by atoms with E-state index in [2.05, 4.69) is 19.1 Å². The molecule has 1 aliphatic rings. The van der Waals surface area contributed by atoms with E-state index < -0.39 is 0 Å². The normalized spacial score (nSPS) is 24.8. The van der Waals surface area contributed by atoms with Crippen LogP contribution in [0, 0.1) is 12.8 Å². The Kier molecular flexibility index (Phi) is 2.46. The smallest absolute Gasteiger partial charge is 0.121 e. The minimum atomic E-state index is 0.315. The zero-order valence-corrected chi connectivity index (χ0v) is 8.66. The van der Waals surface area contributed by atoms with Crippen molar-refractivity contribution in [3.8, 4) is 5.75 Å². The molecule has 1 aromatic rings. The molecule has 2 unspecified atom stereocenters. The van der Waals surface area contributed by atoms with Crippen LogP contribution in [-0.2, 0) is 0 Å². The van der Waals surface area contributed by atoms with E-state index in [4.69, 9.17) is 9.84 Å². The van der Waals surface area contributed by atoms with Gasteiger partial charge in [0, 0.05) is 6.61 Å². The van der Waals surface area contributed by atoms with Crippen molar-refractivity contribution in [2.45, 2.75) is 19.3 Å². The Morgan fingerprint density at radius 1 is 1.50 bits per heavy atom. The molecule has 1 aliphatic carbocycles. The molecule has 0 spiro atoms. The molecule has 1 fully saturated rings. The molecule has 0 amide bonds. The van der Waals surface area contributed by atoms with Crippen LogP contribution in [0.1, 0.15) is 23.5 Å². The number of aryl methyl sites for hydroxylation is 1. The lowest BCUT2D eigenvalue weighted by Gasteiger charge is -2.06. The summed E-state index contributed by atoms with van der Waals surface area (Å²) in [5, 5.41) is 8.98. The standard InChI is InChI=1S/C12H16O2/c1-8-5-9(3-4-12(8)14-2)11-6-10(11)7-13/h3-5,10-11,13H,6-7H2,1-2H3. The second kappa shape index (κ2) is 3.62. The first-order valence-corrected chi connectivity index (χ1v) is 5.01. The van der Waals surface area contributed by atoms with Crippen LogP contribution >= 0.6 is 0 Å². The van der Waals surface area contributed by atoms with Gasteiger partial charge in [-0.2, -0.15) is 0 Å². The molecule has 0 aromatic heterocycles. The Morgan fingerprint density at radius 3 is 2.79 bits per heavy atom. The number of aliphatic hydroxyl groups is 1. The molecule has 0 aliphatic heterocycles. The highest BCUT2D eigenvalue weighted by molar-refractivity contribution is 5.39. The van der Waals surface area contributed by atoms with Gasteiger partial charge in [-0.05, 0) is 42.4 Å². The topological polar surface area (TPSA) is 29.5 Å². The maximum atomic E-state index is 8.98. The number of hydrogen-bond donors (Lipinski definition) is 1. The van der Waals surface area contributed by atoms with Gasteiger partial charge >= 0.3 is 0 Å². The monoisotopic (exact) mass is 192 g/mol. The van der Waals surface area contributed by atoms with Crippen LogP contribution in [0.3, 0.4) is 0 Å². The van der Waals surface area contributed by atoms with Crippen molar-refractivity contribution in [2.75, 3.05) is 13.7 Å². The van der Waals surface area contributed by atoms with Crippen LogP contribution < -0.4 is 4.74 Å². The summed E-state index contributed by atoms with van der Waals surface area (Å²) < 4.78 is 5.20. The van der Waals surface area contributed by atoms with Crippen molar-refractivity contribution < 1.29 is 9.84 Å². The zero-order valence-electron chi connectivity index (χ0n) is 8.66. The van der Waals surface area contributed by atoms with Crippen molar-refractivity contribution in [3.05, 3.63) is 29.3 Å². The molecule has 1 aromatic carbocycles. The Bertz CT molecular complexity index is 333. The summed E-state index contributed by atoms with van der Waals surface area (Å²) in [6.45, 7) is 2.37. The summed E-state index contributed by atoms with van der Waals surface area (Å²) in [6, 6.07) is 6.28. The molecular weight excluding hydrogens is 176 g/mol. The predicted molar refractivity (Wildman–Crippen MR) is 55.7 cm³/mol. The third-order valence-corrected chi connectivity index (χ3v) is 3.00. The number of rotatable bonds is 3. The lowest BCUT2D eigenvalue weighted by Crippen LogP contribution is -1.91. The average molecular weight is 192 g/mol. The molecule has 1 N–H and O–H groups in total. The van der Waals surface area contributed by atoms with Crippen LogP contribution in [0.4, 0.5) is 0 Å². The van der Waals surface area contributed by atoms with E-state index in [-0.39, 0.29) is 0 Å². The Hall–Kier alpha value is -1.02. The number of aliphatic hydroxyl groups excluding tert-OH is 1. The molecule has 14 heavy (non-hydrogen) atoms. The molecule has 76 valence electrons. The van der Waals surface area contributed by atoms with Gasteiger partial charge in [0.15, 0.2) is 0 Å². The highest BCUT2D eigenvalue weighted by atomic mass is 16.5. The molecule has 2 heteroatoms. The van der Waals surface area contributed by atoms with Crippen molar-refractivity contribution in [2.24, 2.45) is 5.92 Å². The Labute approximate surface area is 84.5 Å². The summed E-state index contributed by atoms with van der Waals surface area (Å²) in [5.74, 6) is 2.00. The summed E-state index contributed by atoms with van der Waals surface area (Å²) >= 11 is 0. The lowest BCUT2D eigenvalue weighted by molar-refractivity contribution is 0.274. The molecular formula is C12H16O2. The van der Waals surface area contributed by atoms with E-state index in [0.717, 1.165) is 12.2 Å². The SMILES string of the molecule is COc1ccc(C2CC2CO)cc1C. The number of methoxy groups -OCH3 is 1. The molecule has 1 saturated carbocycles. The maximum Gasteiger partial charge on any atom is 0.121 e. The highest BCUT2D eigenvalue weighted by Gasteiger charge is 2.37. The third-order valence-electron chi connectivity index (χ3n) is 3.00. The quantitative estimate of drug-likeness (QED) is 0.794. The van der Waals surface area contributed by atoms with Crippen LogP contribution in [-0.4, -0.2) is 18.8 Å². The minimum Gasteiger partial charge on any atom is -0.496 e. The van der Waals surface area contributed by atoms with Gasteiger partial charge in [0.05, 0.1) is 7.11 Å². The Balaban J connectivity index is 2.17. The fourth-order valence-corrected chi connectivity index (χ4v) is 1.99. The highest BCUT2D eigenvalue weighted by Crippen LogP contribution is 2.47. The Morgan fingerprint density at radius 2 is 2.29 bits per heavy atom. The zero-order chi connectivity index (χ0) is 10.1. The first-order valence-electron chi connectivity index (χ1n) is 5.01. The molecule has 0 saturated heterocycles. The number of ether oxygens (including phenoxy) is 1. The first kappa shape index (κ1) is 9.53. The summed E-state index contributed by atoms with van der Waals surface area (Å²) in [4.78, 5) is 0. The van der Waals surface area contributed by atoms with E-state index in [1.54, 1.807) is 7.11 Å². The average Bonchev–Trinajstić information content (AvgIpc) is 2.96. The summed E-state index contributed by atoms with van der Waals surface area (Å²) in [6.07, 6.45) is 1.13. The van der Waals surface area contributed by atoms with E-state index in [1.807, 2.05) is 6.07 Å². The largest absolute Gasteiger partial charge is 0.496 e. The van der Waals surface area contributed by atoms with Crippen molar-refractivity contribution in [3.63, 3.8) is 0 Å². The molecule has 0 heterocycles. The second-order valence-corrected chi connectivity index (χ2v) is 4.01. The number of hydrogen-bond acceptors (Lipinski definition) is 2. The molecule has 2 rings (SSSR count). The van der Waals surface area contributed by atoms with E-state index >= 15 is 0 Å². The minimum absolute atomic E-state index is 0.315. The van der Waals surface area contributed by atoms with Crippen molar-refractivity contribution >= 4 is 0 Å². The van der Waals surface area contributed by atoms with Gasteiger partial charge in [-0.25, -0.2) is 0 Å².